The minimum absolute atomic E-state index is 0. The maximum Gasteiger partial charge on any atom is 0.189 e. The molecule has 0 unspecified atom stereocenters. The van der Waals surface area contributed by atoms with Crippen LogP contribution in [0.4, 0.5) is 0 Å². The van der Waals surface area contributed by atoms with Crippen LogP contribution >= 0.6 is 0 Å². The zero-order valence-electron chi connectivity index (χ0n) is 18.7. The molecular weight excluding hydrogens is 531 g/mol. The standard InChI is InChI=1S/2C15H12O2.Pd/c2*16-14(12-7-3-1-4-8-12)11-15(17)13-9-5-2-6-10-13;/h2*1-11,16H;/b2*14-11-;. The molecule has 4 aromatic carbocycles. The molecule has 4 nitrogen and oxygen atoms in total. The van der Waals surface area contributed by atoms with Gasteiger partial charge in [-0.05, 0) is 0 Å². The van der Waals surface area contributed by atoms with Crippen LogP contribution in [0.15, 0.2) is 133 Å². The van der Waals surface area contributed by atoms with Crippen molar-refractivity contribution in [2.24, 2.45) is 0 Å². The van der Waals surface area contributed by atoms with E-state index in [1.54, 1.807) is 72.8 Å². The maximum absolute atomic E-state index is 11.8. The number of benzene rings is 4. The molecule has 0 amide bonds. The molecule has 35 heavy (non-hydrogen) atoms. The average molecular weight is 555 g/mol. The van der Waals surface area contributed by atoms with Crippen molar-refractivity contribution in [2.45, 2.75) is 0 Å². The van der Waals surface area contributed by atoms with Crippen molar-refractivity contribution in [3.05, 3.63) is 156 Å². The normalized spacial score (nSPS) is 10.9. The van der Waals surface area contributed by atoms with Crippen LogP contribution in [0.25, 0.3) is 11.5 Å². The maximum atomic E-state index is 11.8. The monoisotopic (exact) mass is 554 g/mol. The number of carbonyl (C=O) groups is 2. The molecule has 0 saturated carbocycles. The summed E-state index contributed by atoms with van der Waals surface area (Å²) in [5.74, 6) is -0.433. The second kappa shape index (κ2) is 14.3. The molecule has 0 aromatic heterocycles. The molecule has 0 heterocycles. The molecular formula is C30H24O4Pd. The molecule has 0 fully saturated rings. The Balaban J connectivity index is 0.000000240. The number of carbonyl (C=O) groups excluding carboxylic acids is 2. The van der Waals surface area contributed by atoms with Crippen LogP contribution < -0.4 is 0 Å². The van der Waals surface area contributed by atoms with Crippen molar-refractivity contribution >= 4 is 23.1 Å². The summed E-state index contributed by atoms with van der Waals surface area (Å²) in [5, 5.41) is 19.6. The average Bonchev–Trinajstić information content (AvgIpc) is 2.91. The Labute approximate surface area is 218 Å². The van der Waals surface area contributed by atoms with Crippen LogP contribution in [-0.4, -0.2) is 21.8 Å². The summed E-state index contributed by atoms with van der Waals surface area (Å²) in [5.41, 5.74) is 2.40. The van der Waals surface area contributed by atoms with Crippen LogP contribution in [0.3, 0.4) is 0 Å². The molecule has 0 aliphatic rings. The number of allylic oxidation sites excluding steroid dienone is 2. The SMILES string of the molecule is O=C(/C=C(\O)c1ccccc1)c1ccccc1.O=C(/C=C(\O)c1ccccc1)c1ccccc1.[Pd]. The number of aliphatic hydroxyl groups is 2. The van der Waals surface area contributed by atoms with Crippen molar-refractivity contribution in [1.29, 1.82) is 0 Å². The number of aliphatic hydroxyl groups excluding tert-OH is 2. The smallest absolute Gasteiger partial charge is 0.189 e. The number of hydrogen-bond acceptors (Lipinski definition) is 4. The van der Waals surface area contributed by atoms with Gasteiger partial charge in [0.25, 0.3) is 0 Å². The van der Waals surface area contributed by atoms with Gasteiger partial charge in [-0.3, -0.25) is 9.59 Å². The summed E-state index contributed by atoms with van der Waals surface area (Å²) in [6.45, 7) is 0. The zero-order valence-corrected chi connectivity index (χ0v) is 20.3. The molecule has 4 rings (SSSR count). The summed E-state index contributed by atoms with van der Waals surface area (Å²) in [6, 6.07) is 35.7. The summed E-state index contributed by atoms with van der Waals surface area (Å²) in [7, 11) is 0. The van der Waals surface area contributed by atoms with E-state index in [0.717, 1.165) is 0 Å². The summed E-state index contributed by atoms with van der Waals surface area (Å²) >= 11 is 0. The van der Waals surface area contributed by atoms with Gasteiger partial charge in [-0.1, -0.05) is 121 Å². The van der Waals surface area contributed by atoms with Crippen molar-refractivity contribution in [2.75, 3.05) is 0 Å². The largest absolute Gasteiger partial charge is 0.507 e. The molecule has 4 aromatic rings. The number of hydrogen-bond donors (Lipinski definition) is 2. The molecule has 0 bridgehead atoms. The first-order valence-electron chi connectivity index (χ1n) is 10.7. The summed E-state index contributed by atoms with van der Waals surface area (Å²) < 4.78 is 0. The minimum atomic E-state index is -0.202. The summed E-state index contributed by atoms with van der Waals surface area (Å²) in [4.78, 5) is 23.6. The first kappa shape index (κ1) is 27.2. The molecule has 0 aliphatic carbocycles. The van der Waals surface area contributed by atoms with Gasteiger partial charge >= 0.3 is 0 Å². The molecule has 0 atom stereocenters. The van der Waals surface area contributed by atoms with Crippen molar-refractivity contribution in [3.63, 3.8) is 0 Å². The van der Waals surface area contributed by atoms with E-state index in [2.05, 4.69) is 0 Å². The Morgan fingerprint density at radius 3 is 0.914 bits per heavy atom. The minimum Gasteiger partial charge on any atom is -0.507 e. The van der Waals surface area contributed by atoms with Gasteiger partial charge in [0.15, 0.2) is 11.6 Å². The quantitative estimate of drug-likeness (QED) is 0.117. The van der Waals surface area contributed by atoms with E-state index < -0.39 is 0 Å². The molecule has 0 spiro atoms. The van der Waals surface area contributed by atoms with Crippen LogP contribution in [-0.2, 0) is 20.4 Å². The third-order valence-corrected chi connectivity index (χ3v) is 4.79. The van der Waals surface area contributed by atoms with Gasteiger partial charge in [0.2, 0.25) is 0 Å². The van der Waals surface area contributed by atoms with Gasteiger partial charge in [-0.25, -0.2) is 0 Å². The first-order chi connectivity index (χ1) is 16.5. The first-order valence-corrected chi connectivity index (χ1v) is 10.7. The third kappa shape index (κ3) is 8.68. The van der Waals surface area contributed by atoms with E-state index in [4.69, 9.17) is 0 Å². The summed E-state index contributed by atoms with van der Waals surface area (Å²) in [6.07, 6.45) is 2.48. The van der Waals surface area contributed by atoms with Gasteiger partial charge in [0, 0.05) is 54.8 Å². The van der Waals surface area contributed by atoms with E-state index in [9.17, 15) is 19.8 Å². The van der Waals surface area contributed by atoms with Crippen LogP contribution in [0.2, 0.25) is 0 Å². The fourth-order valence-corrected chi connectivity index (χ4v) is 3.00. The fraction of sp³-hybridized carbons (Fsp3) is 0. The molecule has 2 N–H and O–H groups in total. The topological polar surface area (TPSA) is 74.6 Å². The molecule has 5 heteroatoms. The van der Waals surface area contributed by atoms with Gasteiger partial charge in [0.1, 0.15) is 11.5 Å². The Bertz CT molecular complexity index is 1160. The van der Waals surface area contributed by atoms with Crippen LogP contribution in [0, 0.1) is 0 Å². The number of ketones is 2. The zero-order chi connectivity index (χ0) is 24.2. The molecule has 0 radical (unpaired) electrons. The fourth-order valence-electron chi connectivity index (χ4n) is 3.00. The van der Waals surface area contributed by atoms with Crippen LogP contribution in [0.1, 0.15) is 31.8 Å². The molecule has 178 valence electrons. The Kier molecular flexibility index (Phi) is 11.1. The Hall–Kier alpha value is -4.04. The predicted octanol–water partition coefficient (Wildman–Crippen LogP) is 6.93. The Morgan fingerprint density at radius 2 is 0.657 bits per heavy atom. The van der Waals surface area contributed by atoms with Gasteiger partial charge in [-0.2, -0.15) is 0 Å². The van der Waals surface area contributed by atoms with Gasteiger partial charge < -0.3 is 10.2 Å². The Morgan fingerprint density at radius 1 is 0.429 bits per heavy atom. The van der Waals surface area contributed by atoms with E-state index in [-0.39, 0.29) is 43.5 Å². The molecule has 0 saturated heterocycles. The third-order valence-electron chi connectivity index (χ3n) is 4.79. The van der Waals surface area contributed by atoms with E-state index in [0.29, 0.717) is 22.3 Å². The van der Waals surface area contributed by atoms with Gasteiger partial charge in [0.05, 0.1) is 0 Å². The number of rotatable bonds is 6. The van der Waals surface area contributed by atoms with Crippen molar-refractivity contribution < 1.29 is 40.2 Å². The van der Waals surface area contributed by atoms with Crippen LogP contribution in [0.5, 0.6) is 0 Å². The van der Waals surface area contributed by atoms with E-state index >= 15 is 0 Å². The second-order valence-corrected chi connectivity index (χ2v) is 7.25. The predicted molar refractivity (Wildman–Crippen MR) is 136 cm³/mol. The van der Waals surface area contributed by atoms with E-state index in [1.807, 2.05) is 48.5 Å². The van der Waals surface area contributed by atoms with Crippen molar-refractivity contribution in [3.8, 4) is 0 Å². The van der Waals surface area contributed by atoms with E-state index in [1.165, 1.54) is 12.2 Å². The van der Waals surface area contributed by atoms with Gasteiger partial charge in [-0.15, -0.1) is 0 Å². The molecule has 0 aliphatic heterocycles. The second-order valence-electron chi connectivity index (χ2n) is 7.25. The van der Waals surface area contributed by atoms with Crippen molar-refractivity contribution in [1.82, 2.24) is 0 Å².